The highest BCUT2D eigenvalue weighted by Crippen LogP contribution is 2.27. The molecule has 1 unspecified atom stereocenters. The van der Waals surface area contributed by atoms with Crippen molar-refractivity contribution in [2.75, 3.05) is 11.1 Å². The van der Waals surface area contributed by atoms with Crippen LogP contribution in [0.3, 0.4) is 0 Å². The van der Waals surface area contributed by atoms with Crippen molar-refractivity contribution in [1.82, 2.24) is 9.78 Å². The molecule has 2 aromatic rings. The molecule has 5 heteroatoms. The zero-order chi connectivity index (χ0) is 15.6. The monoisotopic (exact) mass is 290 g/mol. The van der Waals surface area contributed by atoms with Crippen molar-refractivity contribution >= 4 is 11.5 Å². The van der Waals surface area contributed by atoms with Crippen LogP contribution in [0, 0.1) is 12.7 Å². The highest BCUT2D eigenvalue weighted by molar-refractivity contribution is 5.65. The Kier molecular flexibility index (Phi) is 4.50. The molecule has 0 spiro atoms. The van der Waals surface area contributed by atoms with Crippen molar-refractivity contribution in [3.05, 3.63) is 40.8 Å². The molecule has 0 aliphatic carbocycles. The zero-order valence-corrected chi connectivity index (χ0v) is 13.1. The third-order valence-corrected chi connectivity index (χ3v) is 3.70. The van der Waals surface area contributed by atoms with E-state index in [9.17, 15) is 4.39 Å². The minimum Gasteiger partial charge on any atom is -0.394 e. The average molecular weight is 290 g/mol. The predicted octanol–water partition coefficient (Wildman–Crippen LogP) is 3.58. The van der Waals surface area contributed by atoms with Crippen molar-refractivity contribution < 1.29 is 4.39 Å². The molecule has 1 heterocycles. The molecule has 0 fully saturated rings. The Morgan fingerprint density at radius 3 is 2.76 bits per heavy atom. The number of nitrogens with one attached hydrogen (secondary N) is 1. The predicted molar refractivity (Wildman–Crippen MR) is 84.8 cm³/mol. The molecule has 0 amide bonds. The first kappa shape index (κ1) is 15.4. The molecule has 4 nitrogen and oxygen atoms in total. The van der Waals surface area contributed by atoms with Gasteiger partial charge in [0, 0.05) is 7.05 Å². The van der Waals surface area contributed by atoms with Gasteiger partial charge in [-0.25, -0.2) is 4.39 Å². The van der Waals surface area contributed by atoms with E-state index in [4.69, 9.17) is 5.73 Å². The molecule has 114 valence electrons. The summed E-state index contributed by atoms with van der Waals surface area (Å²) in [4.78, 5) is 0. The number of nitrogens with zero attached hydrogens (tertiary/aromatic N) is 2. The van der Waals surface area contributed by atoms with Crippen molar-refractivity contribution in [2.24, 2.45) is 7.05 Å². The summed E-state index contributed by atoms with van der Waals surface area (Å²) < 4.78 is 15.4. The van der Waals surface area contributed by atoms with E-state index in [1.165, 1.54) is 0 Å². The molecule has 0 bridgehead atoms. The second-order valence-corrected chi connectivity index (χ2v) is 5.46. The molecule has 2 rings (SSSR count). The summed E-state index contributed by atoms with van der Waals surface area (Å²) in [6.07, 6.45) is 1.86. The molecule has 0 aliphatic rings. The Balaban J connectivity index is 2.23. The Labute approximate surface area is 125 Å². The molecular formula is C16H23FN4. The Morgan fingerprint density at radius 2 is 2.14 bits per heavy atom. The fraction of sp³-hybridized carbons (Fsp3) is 0.438. The third kappa shape index (κ3) is 3.17. The molecule has 1 atom stereocenters. The van der Waals surface area contributed by atoms with Crippen LogP contribution in [-0.2, 0) is 13.5 Å². The fourth-order valence-electron chi connectivity index (χ4n) is 2.36. The minimum atomic E-state index is -0.189. The zero-order valence-electron chi connectivity index (χ0n) is 13.1. The number of nitrogen functional groups attached to an aromatic ring is 1. The van der Waals surface area contributed by atoms with E-state index >= 15 is 0 Å². The number of anilines is 2. The number of aryl methyl sites for hydroxylation is 3. The minimum absolute atomic E-state index is 0.0488. The van der Waals surface area contributed by atoms with Crippen LogP contribution in [0.5, 0.6) is 0 Å². The van der Waals surface area contributed by atoms with Gasteiger partial charge in [-0.3, -0.25) is 4.68 Å². The lowest BCUT2D eigenvalue weighted by molar-refractivity contribution is 0.614. The molecule has 0 aliphatic heterocycles. The topological polar surface area (TPSA) is 55.9 Å². The Bertz CT molecular complexity index is 633. The van der Waals surface area contributed by atoms with Gasteiger partial charge >= 0.3 is 0 Å². The van der Waals surface area contributed by atoms with Crippen LogP contribution < -0.4 is 11.1 Å². The number of rotatable bonds is 5. The van der Waals surface area contributed by atoms with Crippen LogP contribution in [0.4, 0.5) is 15.9 Å². The van der Waals surface area contributed by atoms with Crippen LogP contribution in [0.1, 0.15) is 43.1 Å². The first-order valence-electron chi connectivity index (χ1n) is 7.28. The summed E-state index contributed by atoms with van der Waals surface area (Å²) in [6.45, 7) is 5.84. The van der Waals surface area contributed by atoms with Crippen molar-refractivity contribution in [2.45, 2.75) is 39.7 Å². The second-order valence-electron chi connectivity index (χ2n) is 5.46. The van der Waals surface area contributed by atoms with Crippen LogP contribution in [0.2, 0.25) is 0 Å². The van der Waals surface area contributed by atoms with Crippen molar-refractivity contribution in [1.29, 1.82) is 0 Å². The maximum atomic E-state index is 13.7. The Hall–Kier alpha value is -2.04. The second kappa shape index (κ2) is 6.16. The number of nitrogens with two attached hydrogens (primary N) is 1. The van der Waals surface area contributed by atoms with Crippen LogP contribution in [0.25, 0.3) is 0 Å². The van der Waals surface area contributed by atoms with Gasteiger partial charge in [-0.1, -0.05) is 25.5 Å². The van der Waals surface area contributed by atoms with E-state index in [2.05, 4.69) is 17.3 Å². The lowest BCUT2D eigenvalue weighted by Gasteiger charge is -2.17. The molecule has 1 aromatic carbocycles. The lowest BCUT2D eigenvalue weighted by Crippen LogP contribution is -2.11. The van der Waals surface area contributed by atoms with E-state index < -0.39 is 0 Å². The standard InChI is InChI=1S/C16H23FN4/c1-5-6-14-15(18)16(21(4)20-14)19-11(3)12-8-7-10(2)13(17)9-12/h7-9,11,19H,5-6,18H2,1-4H3. The van der Waals surface area contributed by atoms with Crippen LogP contribution in [-0.4, -0.2) is 9.78 Å². The van der Waals surface area contributed by atoms with Gasteiger partial charge in [-0.2, -0.15) is 5.10 Å². The van der Waals surface area contributed by atoms with E-state index in [0.717, 1.165) is 29.9 Å². The van der Waals surface area contributed by atoms with E-state index in [-0.39, 0.29) is 11.9 Å². The third-order valence-electron chi connectivity index (χ3n) is 3.70. The van der Waals surface area contributed by atoms with Gasteiger partial charge in [0.2, 0.25) is 0 Å². The van der Waals surface area contributed by atoms with Gasteiger partial charge in [0.15, 0.2) is 0 Å². The van der Waals surface area contributed by atoms with Gasteiger partial charge in [0.1, 0.15) is 11.6 Å². The summed E-state index contributed by atoms with van der Waals surface area (Å²) in [7, 11) is 1.86. The van der Waals surface area contributed by atoms with Gasteiger partial charge in [-0.05, 0) is 37.5 Å². The first-order valence-corrected chi connectivity index (χ1v) is 7.28. The average Bonchev–Trinajstić information content (AvgIpc) is 2.70. The lowest BCUT2D eigenvalue weighted by atomic mass is 10.1. The number of hydrogen-bond acceptors (Lipinski definition) is 3. The summed E-state index contributed by atoms with van der Waals surface area (Å²) in [5.41, 5.74) is 9.27. The van der Waals surface area contributed by atoms with Gasteiger partial charge in [-0.15, -0.1) is 0 Å². The summed E-state index contributed by atoms with van der Waals surface area (Å²) in [5.74, 6) is 0.595. The van der Waals surface area contributed by atoms with Crippen molar-refractivity contribution in [3.63, 3.8) is 0 Å². The van der Waals surface area contributed by atoms with E-state index in [1.807, 2.05) is 20.0 Å². The van der Waals surface area contributed by atoms with Crippen molar-refractivity contribution in [3.8, 4) is 0 Å². The van der Waals surface area contributed by atoms with Gasteiger partial charge in [0.25, 0.3) is 0 Å². The molecular weight excluding hydrogens is 267 g/mol. The normalized spacial score (nSPS) is 12.4. The van der Waals surface area contributed by atoms with E-state index in [1.54, 1.807) is 23.7 Å². The smallest absolute Gasteiger partial charge is 0.148 e. The highest BCUT2D eigenvalue weighted by Gasteiger charge is 2.16. The number of halogens is 1. The van der Waals surface area contributed by atoms with E-state index in [0.29, 0.717) is 11.3 Å². The molecule has 21 heavy (non-hydrogen) atoms. The fourth-order valence-corrected chi connectivity index (χ4v) is 2.36. The number of hydrogen-bond donors (Lipinski definition) is 2. The molecule has 0 saturated heterocycles. The summed E-state index contributed by atoms with van der Waals surface area (Å²) >= 11 is 0. The maximum Gasteiger partial charge on any atom is 0.148 e. The number of aromatic nitrogens is 2. The van der Waals surface area contributed by atoms with Gasteiger partial charge in [0.05, 0.1) is 17.4 Å². The maximum absolute atomic E-state index is 13.7. The van der Waals surface area contributed by atoms with Crippen LogP contribution in [0.15, 0.2) is 18.2 Å². The molecule has 1 aromatic heterocycles. The molecule has 0 saturated carbocycles. The summed E-state index contributed by atoms with van der Waals surface area (Å²) in [6, 6.07) is 5.23. The highest BCUT2D eigenvalue weighted by atomic mass is 19.1. The largest absolute Gasteiger partial charge is 0.394 e. The molecule has 3 N–H and O–H groups in total. The molecule has 0 radical (unpaired) electrons. The SMILES string of the molecule is CCCc1nn(C)c(NC(C)c2ccc(C)c(F)c2)c1N. The first-order chi connectivity index (χ1) is 9.93. The van der Waals surface area contributed by atoms with Gasteiger partial charge < -0.3 is 11.1 Å². The Morgan fingerprint density at radius 1 is 1.43 bits per heavy atom. The number of benzene rings is 1. The summed E-state index contributed by atoms with van der Waals surface area (Å²) in [5, 5.41) is 7.76. The quantitative estimate of drug-likeness (QED) is 0.885. The van der Waals surface area contributed by atoms with Crippen LogP contribution >= 0.6 is 0 Å².